The molecular weight excluding hydrogens is 348 g/mol. The van der Waals surface area contributed by atoms with Crippen LogP contribution >= 0.6 is 0 Å². The Kier molecular flexibility index (Phi) is 9.84. The van der Waals surface area contributed by atoms with Gasteiger partial charge in [0.2, 0.25) is 0 Å². The fourth-order valence-corrected chi connectivity index (χ4v) is 5.64. The van der Waals surface area contributed by atoms with E-state index in [9.17, 15) is 0 Å². The van der Waals surface area contributed by atoms with E-state index in [4.69, 9.17) is 8.85 Å². The maximum atomic E-state index is 6.37. The molecule has 0 bridgehead atoms. The molecule has 27 heavy (non-hydrogen) atoms. The molecule has 0 aliphatic heterocycles. The lowest BCUT2D eigenvalue weighted by molar-refractivity contribution is 0.172. The van der Waals surface area contributed by atoms with E-state index >= 15 is 0 Å². The number of benzene rings is 2. The molecule has 0 aliphatic rings. The van der Waals surface area contributed by atoms with Crippen molar-refractivity contribution in [1.29, 1.82) is 0 Å². The molecule has 2 aromatic carbocycles. The summed E-state index contributed by atoms with van der Waals surface area (Å²) in [4.78, 5) is 0. The Morgan fingerprint density at radius 1 is 0.667 bits per heavy atom. The Hall–Kier alpha value is -1.94. The van der Waals surface area contributed by atoms with E-state index in [0.717, 1.165) is 38.1 Å². The summed E-state index contributed by atoms with van der Waals surface area (Å²) >= 11 is 0. The Bertz CT molecular complexity index is 619. The topological polar surface area (TPSA) is 18.5 Å². The second-order valence-electron chi connectivity index (χ2n) is 6.64. The molecular formula is C24H32O2Si. The first-order valence-electron chi connectivity index (χ1n) is 9.99. The van der Waals surface area contributed by atoms with E-state index in [1.807, 2.05) is 12.1 Å². The molecule has 0 aromatic heterocycles. The van der Waals surface area contributed by atoms with Gasteiger partial charge in [-0.2, -0.15) is 0 Å². The predicted molar refractivity (Wildman–Crippen MR) is 119 cm³/mol. The molecule has 0 N–H and O–H groups in total. The second-order valence-corrected chi connectivity index (χ2v) is 9.86. The van der Waals surface area contributed by atoms with Gasteiger partial charge < -0.3 is 8.85 Å². The first-order chi connectivity index (χ1) is 13.3. The minimum atomic E-state index is -2.32. The summed E-state index contributed by atoms with van der Waals surface area (Å²) in [5, 5.41) is 0. The van der Waals surface area contributed by atoms with Crippen molar-refractivity contribution in [1.82, 2.24) is 0 Å². The number of rotatable bonds is 12. The zero-order valence-corrected chi connectivity index (χ0v) is 17.6. The van der Waals surface area contributed by atoms with E-state index in [1.54, 1.807) is 0 Å². The molecule has 0 aliphatic carbocycles. The molecule has 0 saturated heterocycles. The summed E-state index contributed by atoms with van der Waals surface area (Å²) in [5.41, 5.74) is 2.43. The highest BCUT2D eigenvalue weighted by atomic mass is 28.4. The van der Waals surface area contributed by atoms with Gasteiger partial charge in [0, 0.05) is 25.3 Å². The molecule has 0 fully saturated rings. The fraction of sp³-hybridized carbons (Fsp3) is 0.333. The molecule has 3 heteroatoms. The Morgan fingerprint density at radius 2 is 1.07 bits per heavy atom. The van der Waals surface area contributed by atoms with Crippen molar-refractivity contribution in [2.45, 2.75) is 38.8 Å². The molecule has 0 spiro atoms. The average Bonchev–Trinajstić information content (AvgIpc) is 2.72. The molecule has 0 saturated carbocycles. The highest BCUT2D eigenvalue weighted by molar-refractivity contribution is 6.68. The molecule has 2 rings (SSSR count). The van der Waals surface area contributed by atoms with Crippen molar-refractivity contribution >= 4 is 20.7 Å². The number of hydrogen-bond donors (Lipinski definition) is 0. The van der Waals surface area contributed by atoms with Crippen LogP contribution < -0.4 is 0 Å². The average molecular weight is 381 g/mol. The van der Waals surface area contributed by atoms with Crippen LogP contribution in [0.1, 0.15) is 37.8 Å². The zero-order valence-electron chi connectivity index (χ0n) is 16.6. The van der Waals surface area contributed by atoms with Crippen LogP contribution in [-0.2, 0) is 8.85 Å². The summed E-state index contributed by atoms with van der Waals surface area (Å²) in [5.74, 6) is 0. The number of hydrogen-bond acceptors (Lipinski definition) is 2. The Balaban J connectivity index is 2.11. The standard InChI is InChI=1S/C24H32O2Si/c1-3-19-25-27(26-20-4-2,21-11-17-23-13-7-5-8-14-23)22-12-18-24-15-9-6-10-16-24/h5-18H,3-4,19-22H2,1-2H3/b17-11+,18-12+. The lowest BCUT2D eigenvalue weighted by atomic mass is 10.2. The second kappa shape index (κ2) is 12.4. The summed E-state index contributed by atoms with van der Waals surface area (Å²) in [6, 6.07) is 22.5. The van der Waals surface area contributed by atoms with Crippen molar-refractivity contribution in [2.75, 3.05) is 13.2 Å². The third kappa shape index (κ3) is 8.08. The summed E-state index contributed by atoms with van der Waals surface area (Å²) in [6.45, 7) is 5.82. The van der Waals surface area contributed by atoms with Crippen LogP contribution in [0.5, 0.6) is 0 Å². The normalized spacial score (nSPS) is 12.2. The van der Waals surface area contributed by atoms with Crippen LogP contribution in [0.3, 0.4) is 0 Å². The fourth-order valence-electron chi connectivity index (χ4n) is 2.81. The van der Waals surface area contributed by atoms with Crippen LogP contribution in [0.2, 0.25) is 12.1 Å². The summed E-state index contributed by atoms with van der Waals surface area (Å²) < 4.78 is 12.7. The van der Waals surface area contributed by atoms with Crippen molar-refractivity contribution in [2.24, 2.45) is 0 Å². The van der Waals surface area contributed by atoms with Crippen LogP contribution in [0.25, 0.3) is 12.2 Å². The molecule has 0 unspecified atom stereocenters. The molecule has 2 nitrogen and oxygen atoms in total. The molecule has 0 radical (unpaired) electrons. The van der Waals surface area contributed by atoms with Gasteiger partial charge >= 0.3 is 8.56 Å². The SMILES string of the molecule is CCCO[Si](C/C=C/c1ccccc1)(C/C=C/c1ccccc1)OCCC. The number of allylic oxidation sites excluding steroid dienone is 2. The zero-order chi connectivity index (χ0) is 19.2. The minimum Gasteiger partial charge on any atom is -0.394 e. The lowest BCUT2D eigenvalue weighted by Gasteiger charge is -2.29. The summed E-state index contributed by atoms with van der Waals surface area (Å²) in [6.07, 6.45) is 10.8. The lowest BCUT2D eigenvalue weighted by Crippen LogP contribution is -2.41. The monoisotopic (exact) mass is 380 g/mol. The van der Waals surface area contributed by atoms with E-state index in [2.05, 4.69) is 86.7 Å². The minimum absolute atomic E-state index is 0.758. The van der Waals surface area contributed by atoms with Crippen LogP contribution in [0.15, 0.2) is 72.8 Å². The van der Waals surface area contributed by atoms with Gasteiger partial charge in [0.05, 0.1) is 0 Å². The van der Waals surface area contributed by atoms with Gasteiger partial charge in [-0.15, -0.1) is 0 Å². The van der Waals surface area contributed by atoms with Gasteiger partial charge in [0.1, 0.15) is 0 Å². The third-order valence-corrected chi connectivity index (χ3v) is 7.39. The first-order valence-corrected chi connectivity index (χ1v) is 12.2. The maximum Gasteiger partial charge on any atom is 0.345 e. The Labute approximate surface area is 165 Å². The first kappa shape index (κ1) is 21.4. The smallest absolute Gasteiger partial charge is 0.345 e. The van der Waals surface area contributed by atoms with Crippen molar-refractivity contribution in [3.05, 3.63) is 83.9 Å². The van der Waals surface area contributed by atoms with Gasteiger partial charge in [0.15, 0.2) is 0 Å². The highest BCUT2D eigenvalue weighted by Gasteiger charge is 2.35. The van der Waals surface area contributed by atoms with Crippen molar-refractivity contribution in [3.8, 4) is 0 Å². The molecule has 144 valence electrons. The molecule has 0 atom stereocenters. The largest absolute Gasteiger partial charge is 0.394 e. The van der Waals surface area contributed by atoms with E-state index in [0.29, 0.717) is 0 Å². The van der Waals surface area contributed by atoms with Crippen LogP contribution in [0.4, 0.5) is 0 Å². The van der Waals surface area contributed by atoms with Crippen molar-refractivity contribution in [3.63, 3.8) is 0 Å². The van der Waals surface area contributed by atoms with Gasteiger partial charge in [-0.25, -0.2) is 0 Å². The van der Waals surface area contributed by atoms with Crippen LogP contribution in [-0.4, -0.2) is 21.8 Å². The Morgan fingerprint density at radius 3 is 1.44 bits per heavy atom. The highest BCUT2D eigenvalue weighted by Crippen LogP contribution is 2.23. The van der Waals surface area contributed by atoms with Gasteiger partial charge in [-0.05, 0) is 24.0 Å². The van der Waals surface area contributed by atoms with Crippen molar-refractivity contribution < 1.29 is 8.85 Å². The maximum absolute atomic E-state index is 6.37. The van der Waals surface area contributed by atoms with E-state index < -0.39 is 8.56 Å². The predicted octanol–water partition coefficient (Wildman–Crippen LogP) is 6.71. The van der Waals surface area contributed by atoms with Gasteiger partial charge in [-0.3, -0.25) is 0 Å². The van der Waals surface area contributed by atoms with Gasteiger partial charge in [-0.1, -0.05) is 98.8 Å². The molecule has 0 heterocycles. The van der Waals surface area contributed by atoms with E-state index in [-0.39, 0.29) is 0 Å². The molecule has 2 aromatic rings. The van der Waals surface area contributed by atoms with Gasteiger partial charge in [0.25, 0.3) is 0 Å². The molecule has 0 amide bonds. The quantitative estimate of drug-likeness (QED) is 0.381. The summed E-state index contributed by atoms with van der Waals surface area (Å²) in [7, 11) is -2.32. The van der Waals surface area contributed by atoms with Crippen LogP contribution in [0, 0.1) is 0 Å². The third-order valence-electron chi connectivity index (χ3n) is 4.22. The van der Waals surface area contributed by atoms with E-state index in [1.165, 1.54) is 11.1 Å².